The zero-order valence-electron chi connectivity index (χ0n) is 15.7. The van der Waals surface area contributed by atoms with Crippen molar-refractivity contribution in [2.24, 2.45) is 5.92 Å². The van der Waals surface area contributed by atoms with E-state index >= 15 is 0 Å². The van der Waals surface area contributed by atoms with E-state index in [9.17, 15) is 14.4 Å². The van der Waals surface area contributed by atoms with Crippen LogP contribution in [0, 0.1) is 5.92 Å². The predicted molar refractivity (Wildman–Crippen MR) is 102 cm³/mol. The van der Waals surface area contributed by atoms with E-state index < -0.39 is 10.9 Å². The standard InChI is InChI=1S/C19H29N3O4/c1-3-26-19(25)22-10-8-13(9-11-22)20-15-16(18(24)17(15)23)21-14-7-5-4-6-12(14)2/h12-14,20-21H,3-11H2,1-2H3/t12-,14+/m1/s1. The van der Waals surface area contributed by atoms with Gasteiger partial charge in [-0.25, -0.2) is 4.79 Å². The van der Waals surface area contributed by atoms with E-state index in [0.717, 1.165) is 32.1 Å². The summed E-state index contributed by atoms with van der Waals surface area (Å²) in [5.41, 5.74) is 0.0574. The van der Waals surface area contributed by atoms with Crippen molar-refractivity contribution >= 4 is 17.5 Å². The zero-order valence-corrected chi connectivity index (χ0v) is 15.7. The number of ether oxygens (including phenoxy) is 1. The van der Waals surface area contributed by atoms with Gasteiger partial charge >= 0.3 is 6.09 Å². The van der Waals surface area contributed by atoms with Crippen molar-refractivity contribution in [3.8, 4) is 0 Å². The summed E-state index contributed by atoms with van der Waals surface area (Å²) in [6.45, 7) is 5.54. The van der Waals surface area contributed by atoms with E-state index in [0.29, 0.717) is 37.0 Å². The molecule has 1 saturated heterocycles. The Morgan fingerprint density at radius 2 is 1.65 bits per heavy atom. The van der Waals surface area contributed by atoms with Crippen LogP contribution in [-0.2, 0) is 4.74 Å². The number of nitrogens with zero attached hydrogens (tertiary/aromatic N) is 1. The van der Waals surface area contributed by atoms with Crippen LogP contribution in [0.25, 0.3) is 0 Å². The molecule has 2 aliphatic rings. The van der Waals surface area contributed by atoms with Crippen LogP contribution in [-0.4, -0.2) is 42.8 Å². The van der Waals surface area contributed by atoms with Crippen molar-refractivity contribution in [1.82, 2.24) is 4.90 Å². The number of rotatable bonds is 5. The fraction of sp³-hybridized carbons (Fsp3) is 0.737. The minimum absolute atomic E-state index is 0.0910. The number of anilines is 2. The highest BCUT2D eigenvalue weighted by Crippen LogP contribution is 2.28. The summed E-state index contributed by atoms with van der Waals surface area (Å²) in [6.07, 6.45) is 5.77. The normalized spacial score (nSPS) is 24.5. The first-order valence-corrected chi connectivity index (χ1v) is 9.79. The lowest BCUT2D eigenvalue weighted by molar-refractivity contribution is 0.0983. The number of piperidine rings is 1. The summed E-state index contributed by atoms with van der Waals surface area (Å²) in [6, 6.07) is 0.353. The zero-order chi connectivity index (χ0) is 18.7. The van der Waals surface area contributed by atoms with E-state index in [-0.39, 0.29) is 18.2 Å². The summed E-state index contributed by atoms with van der Waals surface area (Å²) >= 11 is 0. The van der Waals surface area contributed by atoms with Gasteiger partial charge in [-0.1, -0.05) is 19.8 Å². The monoisotopic (exact) mass is 363 g/mol. The molecule has 7 heteroatoms. The van der Waals surface area contributed by atoms with Crippen LogP contribution >= 0.6 is 0 Å². The third-order valence-electron chi connectivity index (χ3n) is 5.72. The summed E-state index contributed by atoms with van der Waals surface area (Å²) in [7, 11) is 0. The molecule has 0 aromatic heterocycles. The maximum Gasteiger partial charge on any atom is 0.409 e. The molecule has 1 aromatic carbocycles. The molecule has 1 saturated carbocycles. The molecule has 2 fully saturated rings. The third kappa shape index (κ3) is 3.86. The van der Waals surface area contributed by atoms with Gasteiger partial charge in [-0.2, -0.15) is 0 Å². The number of hydrogen-bond acceptors (Lipinski definition) is 6. The van der Waals surface area contributed by atoms with Crippen LogP contribution in [0.2, 0.25) is 0 Å². The molecular weight excluding hydrogens is 334 g/mol. The van der Waals surface area contributed by atoms with Crippen molar-refractivity contribution in [3.05, 3.63) is 20.4 Å². The SMILES string of the molecule is CCOC(=O)N1CCC(Nc2c(N[C@H]3CCCC[C@H]3C)c(=O)c2=O)CC1. The number of carbonyl (C=O) groups excluding carboxylic acids is 1. The van der Waals surface area contributed by atoms with Crippen molar-refractivity contribution < 1.29 is 9.53 Å². The Kier molecular flexibility index (Phi) is 5.84. The molecule has 1 aliphatic heterocycles. The van der Waals surface area contributed by atoms with Crippen molar-refractivity contribution in [2.45, 2.75) is 64.5 Å². The quantitative estimate of drug-likeness (QED) is 0.781. The molecule has 1 heterocycles. The molecule has 1 aromatic rings. The second-order valence-electron chi connectivity index (χ2n) is 7.53. The second kappa shape index (κ2) is 8.10. The molecule has 26 heavy (non-hydrogen) atoms. The van der Waals surface area contributed by atoms with Gasteiger partial charge in [0.1, 0.15) is 11.4 Å². The molecule has 2 N–H and O–H groups in total. The van der Waals surface area contributed by atoms with E-state index in [4.69, 9.17) is 4.74 Å². The average molecular weight is 363 g/mol. The van der Waals surface area contributed by atoms with Gasteiger partial charge < -0.3 is 20.3 Å². The fourth-order valence-electron chi connectivity index (χ4n) is 4.01. The topological polar surface area (TPSA) is 87.7 Å². The molecule has 7 nitrogen and oxygen atoms in total. The van der Waals surface area contributed by atoms with Crippen molar-refractivity contribution in [3.63, 3.8) is 0 Å². The van der Waals surface area contributed by atoms with E-state index in [2.05, 4.69) is 17.6 Å². The Morgan fingerprint density at radius 1 is 1.04 bits per heavy atom. The molecule has 1 amide bonds. The lowest BCUT2D eigenvalue weighted by Crippen LogP contribution is -2.46. The lowest BCUT2D eigenvalue weighted by atomic mass is 9.85. The molecule has 0 radical (unpaired) electrons. The van der Waals surface area contributed by atoms with Crippen LogP contribution in [0.5, 0.6) is 0 Å². The van der Waals surface area contributed by atoms with Gasteiger partial charge in [-0.15, -0.1) is 0 Å². The molecule has 0 unspecified atom stereocenters. The van der Waals surface area contributed by atoms with Crippen LogP contribution < -0.4 is 21.5 Å². The number of hydrogen-bond donors (Lipinski definition) is 2. The number of amides is 1. The van der Waals surface area contributed by atoms with E-state index in [1.165, 1.54) is 6.42 Å². The van der Waals surface area contributed by atoms with Crippen molar-refractivity contribution in [2.75, 3.05) is 30.3 Å². The van der Waals surface area contributed by atoms with Crippen molar-refractivity contribution in [1.29, 1.82) is 0 Å². The predicted octanol–water partition coefficient (Wildman–Crippen LogP) is 2.31. The first kappa shape index (κ1) is 18.7. The minimum Gasteiger partial charge on any atom is -0.450 e. The van der Waals surface area contributed by atoms with Gasteiger partial charge in [0.25, 0.3) is 10.9 Å². The summed E-state index contributed by atoms with van der Waals surface area (Å²) in [5, 5.41) is 6.58. The smallest absolute Gasteiger partial charge is 0.409 e. The van der Waals surface area contributed by atoms with Gasteiger partial charge in [0.2, 0.25) is 0 Å². The number of nitrogens with one attached hydrogen (secondary N) is 2. The van der Waals surface area contributed by atoms with Gasteiger partial charge in [0.05, 0.1) is 6.61 Å². The Labute approximate surface area is 153 Å². The summed E-state index contributed by atoms with van der Waals surface area (Å²) in [4.78, 5) is 37.5. The van der Waals surface area contributed by atoms with Gasteiger partial charge in [-0.05, 0) is 38.5 Å². The van der Waals surface area contributed by atoms with Crippen LogP contribution in [0.15, 0.2) is 9.59 Å². The Hall–Kier alpha value is -2.05. The average Bonchev–Trinajstić information content (AvgIpc) is 2.66. The number of carbonyl (C=O) groups is 1. The van der Waals surface area contributed by atoms with Crippen LogP contribution in [0.4, 0.5) is 16.2 Å². The molecule has 0 bridgehead atoms. The highest BCUT2D eigenvalue weighted by Gasteiger charge is 2.30. The maximum absolute atomic E-state index is 12.0. The Balaban J connectivity index is 1.58. The first-order chi connectivity index (χ1) is 12.5. The van der Waals surface area contributed by atoms with Gasteiger partial charge in [0, 0.05) is 25.2 Å². The Morgan fingerprint density at radius 3 is 2.27 bits per heavy atom. The highest BCUT2D eigenvalue weighted by atomic mass is 16.6. The fourth-order valence-corrected chi connectivity index (χ4v) is 4.01. The molecule has 3 rings (SSSR count). The molecule has 1 aliphatic carbocycles. The maximum atomic E-state index is 12.0. The molecular formula is C19H29N3O4. The van der Waals surface area contributed by atoms with E-state index in [1.54, 1.807) is 11.8 Å². The van der Waals surface area contributed by atoms with Gasteiger partial charge in [-0.3, -0.25) is 9.59 Å². The van der Waals surface area contributed by atoms with Crippen LogP contribution in [0.3, 0.4) is 0 Å². The Bertz CT molecular complexity index is 702. The van der Waals surface area contributed by atoms with Gasteiger partial charge in [0.15, 0.2) is 0 Å². The summed E-state index contributed by atoms with van der Waals surface area (Å²) in [5.74, 6) is 0.508. The van der Waals surface area contributed by atoms with Crippen LogP contribution in [0.1, 0.15) is 52.4 Å². The second-order valence-corrected chi connectivity index (χ2v) is 7.53. The third-order valence-corrected chi connectivity index (χ3v) is 5.72. The number of likely N-dealkylation sites (tertiary alicyclic amines) is 1. The molecule has 144 valence electrons. The minimum atomic E-state index is -0.427. The largest absolute Gasteiger partial charge is 0.450 e. The summed E-state index contributed by atoms with van der Waals surface area (Å²) < 4.78 is 5.02. The lowest BCUT2D eigenvalue weighted by Gasteiger charge is -2.34. The highest BCUT2D eigenvalue weighted by molar-refractivity contribution is 5.74. The van der Waals surface area contributed by atoms with E-state index in [1.807, 2.05) is 0 Å². The first-order valence-electron chi connectivity index (χ1n) is 9.79. The molecule has 2 atom stereocenters. The molecule has 0 spiro atoms.